The van der Waals surface area contributed by atoms with Gasteiger partial charge in [0, 0.05) is 11.4 Å². The molecule has 0 spiro atoms. The van der Waals surface area contributed by atoms with Gasteiger partial charge in [0.2, 0.25) is 0 Å². The van der Waals surface area contributed by atoms with Gasteiger partial charge in [-0.1, -0.05) is 35.9 Å². The van der Waals surface area contributed by atoms with E-state index < -0.39 is 16.1 Å². The lowest BCUT2D eigenvalue weighted by atomic mass is 10.1. The van der Waals surface area contributed by atoms with E-state index in [1.165, 1.54) is 11.6 Å². The number of hydrogen-bond acceptors (Lipinski definition) is 5. The molecule has 1 aliphatic carbocycles. The topological polar surface area (TPSA) is 72.9 Å². The molecular weight excluding hydrogens is 462 g/mol. The zero-order valence-corrected chi connectivity index (χ0v) is 19.4. The van der Waals surface area contributed by atoms with E-state index in [0.717, 1.165) is 34.7 Å². The number of hydrogen-bond donors (Lipinski definition) is 0. The van der Waals surface area contributed by atoms with Gasteiger partial charge in [0.1, 0.15) is 11.5 Å². The van der Waals surface area contributed by atoms with E-state index in [-0.39, 0.29) is 11.4 Å². The monoisotopic (exact) mass is 483 g/mol. The van der Waals surface area contributed by atoms with Crippen LogP contribution in [-0.2, 0) is 35.8 Å². The van der Waals surface area contributed by atoms with E-state index in [1.54, 1.807) is 42.5 Å². The lowest BCUT2D eigenvalue weighted by molar-refractivity contribution is 0.177. The Morgan fingerprint density at radius 2 is 1.79 bits per heavy atom. The number of benzene rings is 3. The van der Waals surface area contributed by atoms with Crippen LogP contribution < -0.4 is 9.47 Å². The third-order valence-electron chi connectivity index (χ3n) is 6.00. The van der Waals surface area contributed by atoms with Gasteiger partial charge in [0.25, 0.3) is 10.0 Å². The predicted octanol–water partition coefficient (Wildman–Crippen LogP) is 5.15. The standard InChI is InChI=1S/C25H22ClNO5S/c26-23-7-2-1-4-20(23)16-27(25(28)32-21-9-8-17-5-3-6-18(17)14-21)33(29,30)22-10-11-24-19(15-22)12-13-31-24/h1-2,4,7-11,14-15H,3,5-6,12-13,16H2. The van der Waals surface area contributed by atoms with Gasteiger partial charge >= 0.3 is 6.09 Å². The van der Waals surface area contributed by atoms with Crippen molar-refractivity contribution in [3.05, 3.63) is 87.9 Å². The van der Waals surface area contributed by atoms with Gasteiger partial charge in [-0.2, -0.15) is 4.31 Å². The van der Waals surface area contributed by atoms with Crippen LogP contribution in [0.5, 0.6) is 11.5 Å². The van der Waals surface area contributed by atoms with Crippen LogP contribution in [-0.4, -0.2) is 25.4 Å². The van der Waals surface area contributed by atoms with Gasteiger partial charge in [0.05, 0.1) is 18.0 Å². The second-order valence-electron chi connectivity index (χ2n) is 8.12. The number of carbonyl (C=O) groups excluding carboxylic acids is 1. The highest BCUT2D eigenvalue weighted by molar-refractivity contribution is 7.89. The van der Waals surface area contributed by atoms with Crippen LogP contribution in [0.15, 0.2) is 65.6 Å². The molecule has 0 unspecified atom stereocenters. The molecule has 1 amide bonds. The van der Waals surface area contributed by atoms with Crippen molar-refractivity contribution < 1.29 is 22.7 Å². The molecule has 0 aromatic heterocycles. The molecule has 6 nitrogen and oxygen atoms in total. The summed E-state index contributed by atoms with van der Waals surface area (Å²) >= 11 is 6.28. The number of amides is 1. The van der Waals surface area contributed by atoms with Gasteiger partial charge < -0.3 is 9.47 Å². The summed E-state index contributed by atoms with van der Waals surface area (Å²) in [6.07, 6.45) is 2.60. The third kappa shape index (κ3) is 4.30. The summed E-state index contributed by atoms with van der Waals surface area (Å²) in [5.41, 5.74) is 3.65. The van der Waals surface area contributed by atoms with Crippen molar-refractivity contribution >= 4 is 27.7 Å². The smallest absolute Gasteiger partial charge is 0.429 e. The minimum atomic E-state index is -4.22. The fourth-order valence-corrected chi connectivity index (χ4v) is 5.77. The Labute approximate surface area is 197 Å². The molecule has 1 heterocycles. The first-order valence-corrected chi connectivity index (χ1v) is 12.6. The fourth-order valence-electron chi connectivity index (χ4n) is 4.24. The SMILES string of the molecule is O=C(Oc1ccc2c(c1)CCC2)N(Cc1ccccc1Cl)S(=O)(=O)c1ccc2c(c1)CCO2. The molecule has 0 N–H and O–H groups in total. The van der Waals surface area contributed by atoms with E-state index in [2.05, 4.69) is 0 Å². The van der Waals surface area contributed by atoms with Crippen molar-refractivity contribution in [2.45, 2.75) is 37.1 Å². The third-order valence-corrected chi connectivity index (χ3v) is 8.08. The predicted molar refractivity (Wildman–Crippen MR) is 124 cm³/mol. The summed E-state index contributed by atoms with van der Waals surface area (Å²) in [6.45, 7) is 0.252. The molecule has 2 aliphatic rings. The number of fused-ring (bicyclic) bond motifs is 2. The molecular formula is C25H22ClNO5S. The van der Waals surface area contributed by atoms with Crippen molar-refractivity contribution in [3.63, 3.8) is 0 Å². The van der Waals surface area contributed by atoms with Crippen molar-refractivity contribution in [1.29, 1.82) is 0 Å². The first kappa shape index (κ1) is 21.8. The number of aryl methyl sites for hydroxylation is 2. The quantitative estimate of drug-likeness (QED) is 0.501. The Morgan fingerprint density at radius 1 is 0.970 bits per heavy atom. The molecule has 33 heavy (non-hydrogen) atoms. The Kier molecular flexibility index (Phi) is 5.76. The molecule has 1 aliphatic heterocycles. The molecule has 0 bridgehead atoms. The van der Waals surface area contributed by atoms with Crippen molar-refractivity contribution in [2.75, 3.05) is 6.61 Å². The van der Waals surface area contributed by atoms with Gasteiger partial charge in [-0.3, -0.25) is 0 Å². The van der Waals surface area contributed by atoms with Gasteiger partial charge in [-0.05, 0) is 77.9 Å². The number of ether oxygens (including phenoxy) is 2. The Bertz CT molecular complexity index is 1340. The summed E-state index contributed by atoms with van der Waals surface area (Å²) in [6, 6.07) is 16.9. The van der Waals surface area contributed by atoms with Crippen molar-refractivity contribution in [1.82, 2.24) is 4.31 Å². The zero-order chi connectivity index (χ0) is 23.0. The summed E-state index contributed by atoms with van der Waals surface area (Å²) < 4.78 is 39.0. The minimum absolute atomic E-state index is 0.00436. The van der Waals surface area contributed by atoms with Crippen LogP contribution in [0.1, 0.15) is 28.7 Å². The Balaban J connectivity index is 1.49. The van der Waals surface area contributed by atoms with E-state index in [1.807, 2.05) is 12.1 Å². The highest BCUT2D eigenvalue weighted by atomic mass is 35.5. The summed E-state index contributed by atoms with van der Waals surface area (Å²) in [5, 5.41) is 0.366. The van der Waals surface area contributed by atoms with E-state index in [0.29, 0.717) is 35.1 Å². The molecule has 0 saturated carbocycles. The molecule has 170 valence electrons. The Morgan fingerprint density at radius 3 is 2.64 bits per heavy atom. The van der Waals surface area contributed by atoms with Crippen LogP contribution in [0.3, 0.4) is 0 Å². The zero-order valence-electron chi connectivity index (χ0n) is 17.8. The molecule has 5 rings (SSSR count). The molecule has 0 atom stereocenters. The number of halogens is 1. The van der Waals surface area contributed by atoms with E-state index >= 15 is 0 Å². The van der Waals surface area contributed by atoms with Gasteiger partial charge in [-0.25, -0.2) is 13.2 Å². The molecule has 0 saturated heterocycles. The highest BCUT2D eigenvalue weighted by Gasteiger charge is 2.33. The summed E-state index contributed by atoms with van der Waals surface area (Å²) in [7, 11) is -4.22. The minimum Gasteiger partial charge on any atom is -0.493 e. The summed E-state index contributed by atoms with van der Waals surface area (Å²) in [5.74, 6) is 0.981. The number of carbonyl (C=O) groups is 1. The number of rotatable bonds is 5. The second kappa shape index (κ2) is 8.72. The fraction of sp³-hybridized carbons (Fsp3) is 0.240. The average Bonchev–Trinajstić information content (AvgIpc) is 3.46. The molecule has 0 fully saturated rings. The second-order valence-corrected chi connectivity index (χ2v) is 10.4. The maximum absolute atomic E-state index is 13.6. The van der Waals surface area contributed by atoms with Crippen molar-refractivity contribution in [3.8, 4) is 11.5 Å². The average molecular weight is 484 g/mol. The highest BCUT2D eigenvalue weighted by Crippen LogP contribution is 2.31. The maximum Gasteiger partial charge on any atom is 0.429 e. The van der Waals surface area contributed by atoms with Gasteiger partial charge in [0.15, 0.2) is 0 Å². The first-order chi connectivity index (χ1) is 15.9. The lowest BCUT2D eigenvalue weighted by Gasteiger charge is -2.23. The van der Waals surface area contributed by atoms with Crippen LogP contribution in [0.4, 0.5) is 4.79 Å². The van der Waals surface area contributed by atoms with Crippen LogP contribution in [0, 0.1) is 0 Å². The van der Waals surface area contributed by atoms with Crippen LogP contribution in [0.25, 0.3) is 0 Å². The van der Waals surface area contributed by atoms with Crippen molar-refractivity contribution in [2.24, 2.45) is 0 Å². The lowest BCUT2D eigenvalue weighted by Crippen LogP contribution is -2.38. The molecule has 3 aromatic carbocycles. The summed E-state index contributed by atoms with van der Waals surface area (Å²) in [4.78, 5) is 13.2. The Hall–Kier alpha value is -3.03. The molecule has 0 radical (unpaired) electrons. The normalized spacial score (nSPS) is 14.3. The maximum atomic E-state index is 13.6. The number of nitrogens with zero attached hydrogens (tertiary/aromatic N) is 1. The molecule has 8 heteroatoms. The van der Waals surface area contributed by atoms with E-state index in [9.17, 15) is 13.2 Å². The van der Waals surface area contributed by atoms with Crippen LogP contribution in [0.2, 0.25) is 5.02 Å². The van der Waals surface area contributed by atoms with Crippen LogP contribution >= 0.6 is 11.6 Å². The van der Waals surface area contributed by atoms with Gasteiger partial charge in [-0.15, -0.1) is 0 Å². The largest absolute Gasteiger partial charge is 0.493 e. The van der Waals surface area contributed by atoms with E-state index in [4.69, 9.17) is 21.1 Å². The molecule has 3 aromatic rings. The number of sulfonamides is 1. The first-order valence-electron chi connectivity index (χ1n) is 10.8.